The third-order valence-corrected chi connectivity index (χ3v) is 5.16. The van der Waals surface area contributed by atoms with E-state index >= 15 is 0 Å². The number of benzene rings is 2. The molecule has 0 unspecified atom stereocenters. The molecule has 0 atom stereocenters. The van der Waals surface area contributed by atoms with E-state index in [0.717, 1.165) is 35.5 Å². The van der Waals surface area contributed by atoms with Gasteiger partial charge in [0.1, 0.15) is 5.75 Å². The highest BCUT2D eigenvalue weighted by molar-refractivity contribution is 5.86. The van der Waals surface area contributed by atoms with Gasteiger partial charge in [-0.3, -0.25) is 4.98 Å². The fraction of sp³-hybridized carbons (Fsp3) is 0.208. The summed E-state index contributed by atoms with van der Waals surface area (Å²) in [6, 6.07) is 19.0. The molecular formula is C24H24N2O. The molecular weight excluding hydrogens is 332 g/mol. The molecule has 4 rings (SSSR count). The Kier molecular flexibility index (Phi) is 4.68. The van der Waals surface area contributed by atoms with E-state index in [1.807, 2.05) is 24.4 Å². The van der Waals surface area contributed by atoms with Crippen molar-refractivity contribution in [3.05, 3.63) is 78.1 Å². The Hall–Kier alpha value is -3.07. The monoisotopic (exact) mass is 356 g/mol. The van der Waals surface area contributed by atoms with Gasteiger partial charge in [-0.05, 0) is 48.2 Å². The predicted molar refractivity (Wildman–Crippen MR) is 112 cm³/mol. The zero-order valence-electron chi connectivity index (χ0n) is 16.1. The van der Waals surface area contributed by atoms with Crippen molar-refractivity contribution in [1.29, 1.82) is 0 Å². The molecule has 0 saturated heterocycles. The molecule has 0 bridgehead atoms. The van der Waals surface area contributed by atoms with E-state index in [1.54, 1.807) is 7.11 Å². The molecule has 0 amide bonds. The van der Waals surface area contributed by atoms with Crippen LogP contribution in [0, 0.1) is 0 Å². The Morgan fingerprint density at radius 1 is 0.926 bits per heavy atom. The maximum Gasteiger partial charge on any atom is 0.120 e. The van der Waals surface area contributed by atoms with Gasteiger partial charge in [-0.15, -0.1) is 0 Å². The van der Waals surface area contributed by atoms with Crippen LogP contribution in [0.15, 0.2) is 67.0 Å². The van der Waals surface area contributed by atoms with Crippen molar-refractivity contribution in [3.8, 4) is 22.7 Å². The molecule has 2 aromatic heterocycles. The molecule has 0 aliphatic rings. The molecule has 0 saturated carbocycles. The van der Waals surface area contributed by atoms with Crippen LogP contribution in [0.5, 0.6) is 5.75 Å². The molecule has 4 aromatic rings. The highest BCUT2D eigenvalue weighted by Crippen LogP contribution is 2.31. The van der Waals surface area contributed by atoms with Crippen LogP contribution in [0.2, 0.25) is 0 Å². The van der Waals surface area contributed by atoms with Gasteiger partial charge in [0.15, 0.2) is 0 Å². The highest BCUT2D eigenvalue weighted by atomic mass is 16.5. The third kappa shape index (κ3) is 3.10. The molecule has 0 aliphatic heterocycles. The SMILES string of the molecule is CCc1cccc(CC)c1-c1cc2ccn(-c3cccc(OC)c3)c2cn1. The minimum atomic E-state index is 0.850. The van der Waals surface area contributed by atoms with Crippen molar-refractivity contribution in [2.24, 2.45) is 0 Å². The molecule has 136 valence electrons. The lowest BCUT2D eigenvalue weighted by atomic mass is 9.94. The van der Waals surface area contributed by atoms with Crippen LogP contribution in [-0.4, -0.2) is 16.7 Å². The number of ether oxygens (including phenoxy) is 1. The first-order valence-electron chi connectivity index (χ1n) is 9.47. The van der Waals surface area contributed by atoms with Crippen LogP contribution in [0.25, 0.3) is 27.8 Å². The fourth-order valence-electron chi connectivity index (χ4n) is 3.73. The van der Waals surface area contributed by atoms with E-state index in [9.17, 15) is 0 Å². The Balaban J connectivity index is 1.84. The van der Waals surface area contributed by atoms with Gasteiger partial charge in [0.05, 0.1) is 24.5 Å². The number of aryl methyl sites for hydroxylation is 2. The zero-order valence-corrected chi connectivity index (χ0v) is 16.1. The van der Waals surface area contributed by atoms with Crippen molar-refractivity contribution in [3.63, 3.8) is 0 Å². The third-order valence-electron chi connectivity index (χ3n) is 5.16. The summed E-state index contributed by atoms with van der Waals surface area (Å²) in [6.45, 7) is 4.41. The van der Waals surface area contributed by atoms with Gasteiger partial charge in [-0.25, -0.2) is 0 Å². The summed E-state index contributed by atoms with van der Waals surface area (Å²) in [4.78, 5) is 4.84. The van der Waals surface area contributed by atoms with Crippen molar-refractivity contribution >= 4 is 10.9 Å². The van der Waals surface area contributed by atoms with Gasteiger partial charge >= 0.3 is 0 Å². The van der Waals surface area contributed by atoms with Gasteiger partial charge in [0.25, 0.3) is 0 Å². The zero-order chi connectivity index (χ0) is 18.8. The summed E-state index contributed by atoms with van der Waals surface area (Å²) in [7, 11) is 1.69. The Labute approximate surface area is 160 Å². The Morgan fingerprint density at radius 3 is 2.37 bits per heavy atom. The lowest BCUT2D eigenvalue weighted by molar-refractivity contribution is 0.414. The lowest BCUT2D eigenvalue weighted by Gasteiger charge is -2.13. The number of fused-ring (bicyclic) bond motifs is 1. The summed E-state index contributed by atoms with van der Waals surface area (Å²) in [6.07, 6.45) is 6.09. The van der Waals surface area contributed by atoms with Gasteiger partial charge in [0, 0.05) is 28.9 Å². The Morgan fingerprint density at radius 2 is 1.67 bits per heavy atom. The molecule has 2 aromatic carbocycles. The van der Waals surface area contributed by atoms with E-state index in [-0.39, 0.29) is 0 Å². The molecule has 0 spiro atoms. The minimum Gasteiger partial charge on any atom is -0.497 e. The molecule has 3 heteroatoms. The first-order chi connectivity index (χ1) is 13.2. The standard InChI is InChI=1S/C24H24N2O/c1-4-17-8-6-9-18(5-2)24(17)22-14-19-12-13-26(23(19)16-25-22)20-10-7-11-21(15-20)27-3/h6-16H,4-5H2,1-3H3. The number of methoxy groups -OCH3 is 1. The fourth-order valence-corrected chi connectivity index (χ4v) is 3.73. The minimum absolute atomic E-state index is 0.850. The van der Waals surface area contributed by atoms with Crippen LogP contribution < -0.4 is 4.74 Å². The largest absolute Gasteiger partial charge is 0.497 e. The maximum atomic E-state index is 5.36. The second kappa shape index (κ2) is 7.28. The first kappa shape index (κ1) is 17.3. The number of nitrogens with zero attached hydrogens (tertiary/aromatic N) is 2. The second-order valence-corrected chi connectivity index (χ2v) is 6.67. The number of aromatic nitrogens is 2. The van der Waals surface area contributed by atoms with Crippen molar-refractivity contribution < 1.29 is 4.74 Å². The van der Waals surface area contributed by atoms with E-state index in [1.165, 1.54) is 22.1 Å². The summed E-state index contributed by atoms with van der Waals surface area (Å²) < 4.78 is 7.52. The smallest absolute Gasteiger partial charge is 0.120 e. The predicted octanol–water partition coefficient (Wildman–Crippen LogP) is 5.83. The van der Waals surface area contributed by atoms with Crippen molar-refractivity contribution in [2.45, 2.75) is 26.7 Å². The van der Waals surface area contributed by atoms with Gasteiger partial charge in [0.2, 0.25) is 0 Å². The average Bonchev–Trinajstić information content (AvgIpc) is 3.16. The molecule has 0 aliphatic carbocycles. The van der Waals surface area contributed by atoms with Crippen LogP contribution >= 0.6 is 0 Å². The average molecular weight is 356 g/mol. The number of pyridine rings is 1. The number of hydrogen-bond acceptors (Lipinski definition) is 2. The van der Waals surface area contributed by atoms with Gasteiger partial charge in [-0.1, -0.05) is 38.1 Å². The summed E-state index contributed by atoms with van der Waals surface area (Å²) in [5, 5.41) is 1.19. The van der Waals surface area contributed by atoms with E-state index in [2.05, 4.69) is 61.0 Å². The second-order valence-electron chi connectivity index (χ2n) is 6.67. The maximum absolute atomic E-state index is 5.36. The van der Waals surface area contributed by atoms with Crippen molar-refractivity contribution in [2.75, 3.05) is 7.11 Å². The quantitative estimate of drug-likeness (QED) is 0.450. The summed E-state index contributed by atoms with van der Waals surface area (Å²) in [5.74, 6) is 0.850. The Bertz CT molecular complexity index is 1070. The number of hydrogen-bond donors (Lipinski definition) is 0. The highest BCUT2D eigenvalue weighted by Gasteiger charge is 2.12. The van der Waals surface area contributed by atoms with E-state index < -0.39 is 0 Å². The summed E-state index contributed by atoms with van der Waals surface area (Å²) >= 11 is 0. The van der Waals surface area contributed by atoms with Crippen LogP contribution in [-0.2, 0) is 12.8 Å². The van der Waals surface area contributed by atoms with E-state index in [4.69, 9.17) is 9.72 Å². The molecule has 0 radical (unpaired) electrons. The van der Waals surface area contributed by atoms with Crippen LogP contribution in [0.4, 0.5) is 0 Å². The van der Waals surface area contributed by atoms with Gasteiger partial charge < -0.3 is 9.30 Å². The lowest BCUT2D eigenvalue weighted by Crippen LogP contribution is -1.97. The molecule has 27 heavy (non-hydrogen) atoms. The normalized spacial score (nSPS) is 11.1. The first-order valence-corrected chi connectivity index (χ1v) is 9.47. The topological polar surface area (TPSA) is 27.1 Å². The van der Waals surface area contributed by atoms with E-state index in [0.29, 0.717) is 0 Å². The molecule has 3 nitrogen and oxygen atoms in total. The molecule has 2 heterocycles. The van der Waals surface area contributed by atoms with Crippen molar-refractivity contribution in [1.82, 2.24) is 9.55 Å². The van der Waals surface area contributed by atoms with Gasteiger partial charge in [-0.2, -0.15) is 0 Å². The van der Waals surface area contributed by atoms with Crippen LogP contribution in [0.3, 0.4) is 0 Å². The summed E-state index contributed by atoms with van der Waals surface area (Å²) in [5.41, 5.74) is 7.22. The molecule has 0 N–H and O–H groups in total. The number of rotatable bonds is 5. The molecule has 0 fully saturated rings. The van der Waals surface area contributed by atoms with Crippen LogP contribution in [0.1, 0.15) is 25.0 Å².